The van der Waals surface area contributed by atoms with Crippen molar-refractivity contribution < 1.29 is 13.6 Å². The van der Waals surface area contributed by atoms with Gasteiger partial charge >= 0.3 is 0 Å². The maximum absolute atomic E-state index is 13.6. The number of nitrogens with one attached hydrogen (secondary N) is 1. The molecule has 0 spiro atoms. The van der Waals surface area contributed by atoms with Gasteiger partial charge < -0.3 is 5.32 Å². The zero-order valence-corrected chi connectivity index (χ0v) is 15.0. The van der Waals surface area contributed by atoms with Crippen LogP contribution in [0.3, 0.4) is 0 Å². The summed E-state index contributed by atoms with van der Waals surface area (Å²) in [6, 6.07) is 11.2. The molecule has 0 atom stereocenters. The molecular formula is C18H16F2N4OS. The number of hydrogen-bond donors (Lipinski definition) is 1. The highest BCUT2D eigenvalue weighted by atomic mass is 32.2. The van der Waals surface area contributed by atoms with Crippen molar-refractivity contribution in [1.82, 2.24) is 14.8 Å². The number of halogens is 2. The van der Waals surface area contributed by atoms with Crippen molar-refractivity contribution in [2.24, 2.45) is 0 Å². The van der Waals surface area contributed by atoms with Crippen molar-refractivity contribution in [3.63, 3.8) is 0 Å². The summed E-state index contributed by atoms with van der Waals surface area (Å²) < 4.78 is 29.1. The van der Waals surface area contributed by atoms with E-state index in [4.69, 9.17) is 0 Å². The summed E-state index contributed by atoms with van der Waals surface area (Å²) in [4.78, 5) is 12.1. The van der Waals surface area contributed by atoms with E-state index in [1.165, 1.54) is 6.07 Å². The van der Waals surface area contributed by atoms with Gasteiger partial charge in [-0.3, -0.25) is 9.36 Å². The molecule has 0 saturated carbocycles. The average molecular weight is 374 g/mol. The van der Waals surface area contributed by atoms with Crippen molar-refractivity contribution >= 4 is 23.4 Å². The van der Waals surface area contributed by atoms with Gasteiger partial charge in [-0.25, -0.2) is 8.78 Å². The number of nitrogens with zero attached hydrogens (tertiary/aromatic N) is 3. The lowest BCUT2D eigenvalue weighted by molar-refractivity contribution is -0.113. The first kappa shape index (κ1) is 18.1. The summed E-state index contributed by atoms with van der Waals surface area (Å²) in [6.07, 6.45) is 0. The second-order valence-corrected chi connectivity index (χ2v) is 6.58. The van der Waals surface area contributed by atoms with Gasteiger partial charge in [-0.1, -0.05) is 30.0 Å². The van der Waals surface area contributed by atoms with Crippen LogP contribution in [0.2, 0.25) is 0 Å². The third kappa shape index (κ3) is 3.91. The van der Waals surface area contributed by atoms with E-state index in [1.54, 1.807) is 0 Å². The Bertz CT molecular complexity index is 938. The molecule has 0 fully saturated rings. The first-order valence-electron chi connectivity index (χ1n) is 7.81. The lowest BCUT2D eigenvalue weighted by Crippen LogP contribution is -2.16. The predicted octanol–water partition coefficient (Wildman–Crippen LogP) is 3.89. The van der Waals surface area contributed by atoms with Gasteiger partial charge in [0, 0.05) is 5.69 Å². The van der Waals surface area contributed by atoms with E-state index in [2.05, 4.69) is 15.5 Å². The Hall–Kier alpha value is -2.74. The number of carbonyl (C=O) groups excluding carboxylic acids is 1. The third-order valence-electron chi connectivity index (χ3n) is 3.61. The number of rotatable bonds is 5. The molecule has 0 aliphatic heterocycles. The zero-order chi connectivity index (χ0) is 18.7. The minimum Gasteiger partial charge on any atom is -0.320 e. The zero-order valence-electron chi connectivity index (χ0n) is 14.2. The first-order chi connectivity index (χ1) is 12.5. The van der Waals surface area contributed by atoms with E-state index >= 15 is 0 Å². The molecule has 26 heavy (non-hydrogen) atoms. The van der Waals surface area contributed by atoms with Crippen LogP contribution in [-0.4, -0.2) is 26.4 Å². The fraction of sp³-hybridized carbons (Fsp3) is 0.167. The Morgan fingerprint density at radius 1 is 1.12 bits per heavy atom. The summed E-state index contributed by atoms with van der Waals surface area (Å²) in [6.45, 7) is 3.79. The molecule has 3 rings (SSSR count). The molecule has 1 N–H and O–H groups in total. The van der Waals surface area contributed by atoms with Gasteiger partial charge in [0.25, 0.3) is 0 Å². The normalized spacial score (nSPS) is 10.8. The summed E-state index contributed by atoms with van der Waals surface area (Å²) in [5, 5.41) is 10.9. The lowest BCUT2D eigenvalue weighted by Gasteiger charge is -2.10. The van der Waals surface area contributed by atoms with Gasteiger partial charge in [-0.2, -0.15) is 0 Å². The number of amides is 1. The maximum Gasteiger partial charge on any atom is 0.235 e. The van der Waals surface area contributed by atoms with Crippen molar-refractivity contribution in [2.75, 3.05) is 11.1 Å². The molecule has 2 aromatic carbocycles. The fourth-order valence-corrected chi connectivity index (χ4v) is 3.22. The highest BCUT2D eigenvalue weighted by Gasteiger charge is 2.16. The fourth-order valence-electron chi connectivity index (χ4n) is 2.42. The van der Waals surface area contributed by atoms with Crippen LogP contribution < -0.4 is 5.32 Å². The van der Waals surface area contributed by atoms with Crippen LogP contribution in [0.1, 0.15) is 11.4 Å². The average Bonchev–Trinajstić information content (AvgIpc) is 2.97. The Labute approximate surface area is 153 Å². The Kier molecular flexibility index (Phi) is 5.32. The molecule has 0 aliphatic rings. The number of carbonyl (C=O) groups is 1. The molecule has 0 radical (unpaired) electrons. The van der Waals surface area contributed by atoms with Crippen molar-refractivity contribution in [1.29, 1.82) is 0 Å². The Morgan fingerprint density at radius 2 is 1.81 bits per heavy atom. The third-order valence-corrected chi connectivity index (χ3v) is 4.54. The summed E-state index contributed by atoms with van der Waals surface area (Å²) in [5.41, 5.74) is 1.52. The van der Waals surface area contributed by atoms with Gasteiger partial charge in [0.1, 0.15) is 23.1 Å². The van der Waals surface area contributed by atoms with Gasteiger partial charge in [-0.15, -0.1) is 10.2 Å². The number of hydrogen-bond acceptors (Lipinski definition) is 4. The predicted molar refractivity (Wildman–Crippen MR) is 96.5 cm³/mol. The second-order valence-electron chi connectivity index (χ2n) is 5.64. The van der Waals surface area contributed by atoms with Crippen LogP contribution in [-0.2, 0) is 4.79 Å². The molecule has 8 heteroatoms. The minimum absolute atomic E-state index is 0.0578. The van der Waals surface area contributed by atoms with E-state index in [1.807, 2.05) is 42.7 Å². The molecule has 0 unspecified atom stereocenters. The monoisotopic (exact) mass is 374 g/mol. The van der Waals surface area contributed by atoms with Gasteiger partial charge in [-0.05, 0) is 43.7 Å². The second kappa shape index (κ2) is 7.65. The molecule has 5 nitrogen and oxygen atoms in total. The van der Waals surface area contributed by atoms with Crippen molar-refractivity contribution in [3.05, 3.63) is 65.5 Å². The Balaban J connectivity index is 1.74. The number of anilines is 1. The number of para-hydroxylation sites is 1. The number of benzene rings is 2. The SMILES string of the molecule is Cc1cccc(-n2c(C)nnc2SCC(=O)Nc2c(F)cccc2F)c1. The summed E-state index contributed by atoms with van der Waals surface area (Å²) in [5.74, 6) is -1.55. The van der Waals surface area contributed by atoms with Gasteiger partial charge in [0.05, 0.1) is 5.75 Å². The highest BCUT2D eigenvalue weighted by Crippen LogP contribution is 2.23. The molecular weight excluding hydrogens is 358 g/mol. The maximum atomic E-state index is 13.6. The number of aromatic nitrogens is 3. The minimum atomic E-state index is -0.817. The van der Waals surface area contributed by atoms with E-state index < -0.39 is 23.2 Å². The van der Waals surface area contributed by atoms with Crippen LogP contribution >= 0.6 is 11.8 Å². The van der Waals surface area contributed by atoms with Crippen LogP contribution in [0, 0.1) is 25.5 Å². The lowest BCUT2D eigenvalue weighted by atomic mass is 10.2. The van der Waals surface area contributed by atoms with E-state index in [9.17, 15) is 13.6 Å². The molecule has 1 heterocycles. The van der Waals surface area contributed by atoms with E-state index in [-0.39, 0.29) is 5.75 Å². The molecule has 1 aromatic heterocycles. The van der Waals surface area contributed by atoms with Gasteiger partial charge in [0.15, 0.2) is 5.16 Å². The van der Waals surface area contributed by atoms with Gasteiger partial charge in [0.2, 0.25) is 5.91 Å². The van der Waals surface area contributed by atoms with Crippen LogP contribution in [0.15, 0.2) is 47.6 Å². The van der Waals surface area contributed by atoms with Crippen LogP contribution in [0.5, 0.6) is 0 Å². The van der Waals surface area contributed by atoms with Crippen molar-refractivity contribution in [3.8, 4) is 5.69 Å². The number of thioether (sulfide) groups is 1. The molecule has 1 amide bonds. The summed E-state index contributed by atoms with van der Waals surface area (Å²) >= 11 is 1.14. The number of aryl methyl sites for hydroxylation is 2. The topological polar surface area (TPSA) is 59.8 Å². The van der Waals surface area contributed by atoms with E-state index in [0.29, 0.717) is 11.0 Å². The largest absolute Gasteiger partial charge is 0.320 e. The molecule has 0 bridgehead atoms. The highest BCUT2D eigenvalue weighted by molar-refractivity contribution is 7.99. The molecule has 0 saturated heterocycles. The Morgan fingerprint density at radius 3 is 2.50 bits per heavy atom. The first-order valence-corrected chi connectivity index (χ1v) is 8.80. The van der Waals surface area contributed by atoms with E-state index in [0.717, 1.165) is 35.1 Å². The van der Waals surface area contributed by atoms with Crippen molar-refractivity contribution in [2.45, 2.75) is 19.0 Å². The smallest absolute Gasteiger partial charge is 0.235 e. The van der Waals surface area contributed by atoms with Crippen LogP contribution in [0.25, 0.3) is 5.69 Å². The quantitative estimate of drug-likeness (QED) is 0.688. The molecule has 0 aliphatic carbocycles. The summed E-state index contributed by atoms with van der Waals surface area (Å²) in [7, 11) is 0. The van der Waals surface area contributed by atoms with Crippen LogP contribution in [0.4, 0.5) is 14.5 Å². The molecule has 134 valence electrons. The standard InChI is InChI=1S/C18H16F2N4OS/c1-11-5-3-6-13(9-11)24-12(2)22-23-18(24)26-10-16(25)21-17-14(19)7-4-8-15(17)20/h3-9H,10H2,1-2H3,(H,21,25). The molecule has 3 aromatic rings.